The molecule has 0 heterocycles. The summed E-state index contributed by atoms with van der Waals surface area (Å²) in [7, 11) is 0. The number of ether oxygens (including phenoxy) is 1. The van der Waals surface area contributed by atoms with Crippen molar-refractivity contribution >= 4 is 0 Å². The molecule has 1 rings (SSSR count). The van der Waals surface area contributed by atoms with Crippen molar-refractivity contribution in [1.82, 2.24) is 0 Å². The van der Waals surface area contributed by atoms with Crippen molar-refractivity contribution in [2.24, 2.45) is 0 Å². The van der Waals surface area contributed by atoms with E-state index in [-0.39, 0.29) is 0 Å². The minimum Gasteiger partial charge on any atom is -0.508 e. The van der Waals surface area contributed by atoms with Gasteiger partial charge in [0.05, 0.1) is 6.61 Å². The molecule has 0 atom stereocenters. The molecule has 0 unspecified atom stereocenters. The van der Waals surface area contributed by atoms with Crippen LogP contribution in [0.25, 0.3) is 0 Å². The quantitative estimate of drug-likeness (QED) is 0.756. The van der Waals surface area contributed by atoms with Crippen LogP contribution in [0, 0.1) is 6.92 Å². The average Bonchev–Trinajstić information content (AvgIpc) is 2.33. The number of benzene rings is 1. The molecule has 0 spiro atoms. The molecule has 17 heavy (non-hydrogen) atoms. The van der Waals surface area contributed by atoms with Gasteiger partial charge in [0.1, 0.15) is 11.5 Å². The van der Waals surface area contributed by atoms with Crippen LogP contribution < -0.4 is 4.74 Å². The van der Waals surface area contributed by atoms with Gasteiger partial charge in [-0.05, 0) is 43.4 Å². The maximum atomic E-state index is 9.88. The molecule has 0 saturated carbocycles. The van der Waals surface area contributed by atoms with E-state index < -0.39 is 0 Å². The molecule has 0 aliphatic rings. The summed E-state index contributed by atoms with van der Waals surface area (Å²) in [6, 6.07) is 1.84. The fourth-order valence-electron chi connectivity index (χ4n) is 2.04. The molecule has 0 saturated heterocycles. The van der Waals surface area contributed by atoms with Crippen molar-refractivity contribution in [3.63, 3.8) is 0 Å². The van der Waals surface area contributed by atoms with Gasteiger partial charge in [-0.25, -0.2) is 0 Å². The van der Waals surface area contributed by atoms with Crippen LogP contribution in [0.5, 0.6) is 11.5 Å². The van der Waals surface area contributed by atoms with Crippen molar-refractivity contribution < 1.29 is 9.84 Å². The second-order valence-corrected chi connectivity index (χ2v) is 4.40. The second kappa shape index (κ2) is 6.53. The van der Waals surface area contributed by atoms with Crippen LogP contribution in [0.2, 0.25) is 0 Å². The Bertz CT molecular complexity index is 370. The van der Waals surface area contributed by atoms with Crippen molar-refractivity contribution in [2.45, 2.75) is 53.4 Å². The van der Waals surface area contributed by atoms with Gasteiger partial charge in [-0.2, -0.15) is 0 Å². The van der Waals surface area contributed by atoms with Crippen molar-refractivity contribution in [1.29, 1.82) is 0 Å². The van der Waals surface area contributed by atoms with Gasteiger partial charge in [-0.1, -0.05) is 27.2 Å². The van der Waals surface area contributed by atoms with Crippen molar-refractivity contribution in [2.75, 3.05) is 6.61 Å². The minimum absolute atomic E-state index is 0.390. The van der Waals surface area contributed by atoms with E-state index in [9.17, 15) is 5.11 Å². The number of phenolic OH excluding ortho intramolecular Hbond substituents is 1. The maximum Gasteiger partial charge on any atom is 0.126 e. The predicted octanol–water partition coefficient (Wildman–Crippen LogP) is 4.00. The first-order chi connectivity index (χ1) is 8.15. The maximum absolute atomic E-state index is 9.88. The Balaban J connectivity index is 3.09. The van der Waals surface area contributed by atoms with Gasteiger partial charge in [0.25, 0.3) is 0 Å². The van der Waals surface area contributed by atoms with Gasteiger partial charge in [-0.3, -0.25) is 0 Å². The molecule has 0 aromatic heterocycles. The van der Waals surface area contributed by atoms with E-state index in [1.807, 2.05) is 13.0 Å². The van der Waals surface area contributed by atoms with Crippen molar-refractivity contribution in [3.8, 4) is 11.5 Å². The largest absolute Gasteiger partial charge is 0.508 e. The molecule has 0 fully saturated rings. The molecule has 0 bridgehead atoms. The summed E-state index contributed by atoms with van der Waals surface area (Å²) in [5.74, 6) is 1.39. The van der Waals surface area contributed by atoms with Crippen LogP contribution >= 0.6 is 0 Å². The molecule has 0 radical (unpaired) electrons. The summed E-state index contributed by atoms with van der Waals surface area (Å²) in [4.78, 5) is 0. The van der Waals surface area contributed by atoms with Gasteiger partial charge < -0.3 is 9.84 Å². The zero-order chi connectivity index (χ0) is 12.8. The zero-order valence-electron chi connectivity index (χ0n) is 11.5. The molecular formula is C15H24O2. The summed E-state index contributed by atoms with van der Waals surface area (Å²) in [5, 5.41) is 9.88. The highest BCUT2D eigenvalue weighted by atomic mass is 16.5. The molecule has 2 nitrogen and oxygen atoms in total. The standard InChI is InChI=1S/C15H24O2/c1-5-8-9-17-15-12(6-2)10-14(16)11(4)13(15)7-3/h10,16H,5-9H2,1-4H3. The van der Waals surface area contributed by atoms with Gasteiger partial charge in [0.2, 0.25) is 0 Å². The topological polar surface area (TPSA) is 29.5 Å². The van der Waals surface area contributed by atoms with Crippen molar-refractivity contribution in [3.05, 3.63) is 22.8 Å². The number of unbranched alkanes of at least 4 members (excludes halogenated alkanes) is 1. The highest BCUT2D eigenvalue weighted by molar-refractivity contribution is 5.52. The third-order valence-electron chi connectivity index (χ3n) is 3.19. The van der Waals surface area contributed by atoms with Crippen LogP contribution in [-0.2, 0) is 12.8 Å². The van der Waals surface area contributed by atoms with Crippen LogP contribution in [-0.4, -0.2) is 11.7 Å². The van der Waals surface area contributed by atoms with E-state index in [0.29, 0.717) is 5.75 Å². The minimum atomic E-state index is 0.390. The van der Waals surface area contributed by atoms with E-state index in [2.05, 4.69) is 20.8 Å². The summed E-state index contributed by atoms with van der Waals surface area (Å²) >= 11 is 0. The number of rotatable bonds is 6. The Hall–Kier alpha value is -1.18. The third kappa shape index (κ3) is 3.15. The SMILES string of the molecule is CCCCOc1c(CC)cc(O)c(C)c1CC. The number of phenols is 1. The first-order valence-corrected chi connectivity index (χ1v) is 6.62. The van der Waals surface area contributed by atoms with E-state index in [1.165, 1.54) is 0 Å². The lowest BCUT2D eigenvalue weighted by molar-refractivity contribution is 0.302. The Morgan fingerprint density at radius 2 is 1.88 bits per heavy atom. The first-order valence-electron chi connectivity index (χ1n) is 6.62. The molecular weight excluding hydrogens is 212 g/mol. The van der Waals surface area contributed by atoms with E-state index in [4.69, 9.17) is 4.74 Å². The number of aryl methyl sites for hydroxylation is 1. The summed E-state index contributed by atoms with van der Waals surface area (Å²) < 4.78 is 5.92. The predicted molar refractivity (Wildman–Crippen MR) is 72.0 cm³/mol. The molecule has 1 N–H and O–H groups in total. The Morgan fingerprint density at radius 3 is 2.41 bits per heavy atom. The zero-order valence-corrected chi connectivity index (χ0v) is 11.5. The molecule has 0 aliphatic heterocycles. The lowest BCUT2D eigenvalue weighted by Gasteiger charge is -2.17. The Morgan fingerprint density at radius 1 is 1.18 bits per heavy atom. The number of hydrogen-bond acceptors (Lipinski definition) is 2. The highest BCUT2D eigenvalue weighted by Crippen LogP contribution is 2.34. The molecule has 96 valence electrons. The summed E-state index contributed by atoms with van der Waals surface area (Å²) in [6.45, 7) is 9.08. The monoisotopic (exact) mass is 236 g/mol. The Labute approximate surface area is 105 Å². The van der Waals surface area contributed by atoms with Crippen LogP contribution in [0.15, 0.2) is 6.07 Å². The first kappa shape index (κ1) is 13.9. The lowest BCUT2D eigenvalue weighted by atomic mass is 9.98. The van der Waals surface area contributed by atoms with E-state index >= 15 is 0 Å². The van der Waals surface area contributed by atoms with Crippen LogP contribution in [0.4, 0.5) is 0 Å². The van der Waals surface area contributed by atoms with Gasteiger partial charge in [-0.15, -0.1) is 0 Å². The van der Waals surface area contributed by atoms with Crippen LogP contribution in [0.1, 0.15) is 50.3 Å². The van der Waals surface area contributed by atoms with Gasteiger partial charge in [0.15, 0.2) is 0 Å². The van der Waals surface area contributed by atoms with E-state index in [0.717, 1.165) is 54.7 Å². The molecule has 2 heteroatoms. The normalized spacial score (nSPS) is 10.6. The van der Waals surface area contributed by atoms with Gasteiger partial charge >= 0.3 is 0 Å². The molecule has 1 aromatic rings. The average molecular weight is 236 g/mol. The van der Waals surface area contributed by atoms with Gasteiger partial charge in [0, 0.05) is 5.56 Å². The molecule has 1 aromatic carbocycles. The van der Waals surface area contributed by atoms with Crippen LogP contribution in [0.3, 0.4) is 0 Å². The van der Waals surface area contributed by atoms with E-state index in [1.54, 1.807) is 0 Å². The summed E-state index contributed by atoms with van der Waals surface area (Å²) in [5.41, 5.74) is 3.22. The molecule has 0 amide bonds. The second-order valence-electron chi connectivity index (χ2n) is 4.40. The summed E-state index contributed by atoms with van der Waals surface area (Å²) in [6.07, 6.45) is 4.00. The third-order valence-corrected chi connectivity index (χ3v) is 3.19. The lowest BCUT2D eigenvalue weighted by Crippen LogP contribution is -2.04. The highest BCUT2D eigenvalue weighted by Gasteiger charge is 2.14. The molecule has 0 aliphatic carbocycles. The number of hydrogen-bond donors (Lipinski definition) is 1. The smallest absolute Gasteiger partial charge is 0.126 e. The Kier molecular flexibility index (Phi) is 5.33. The fraction of sp³-hybridized carbons (Fsp3) is 0.600. The number of aromatic hydroxyl groups is 1. The fourth-order valence-corrected chi connectivity index (χ4v) is 2.04.